The summed E-state index contributed by atoms with van der Waals surface area (Å²) >= 11 is 0. The van der Waals surface area contributed by atoms with E-state index in [9.17, 15) is 33.6 Å². The minimum absolute atomic E-state index is 0.0202. The van der Waals surface area contributed by atoms with Gasteiger partial charge in [-0.3, -0.25) is 29.0 Å². The monoisotopic (exact) mass is 1070 g/mol. The topological polar surface area (TPSA) is 212 Å². The predicted molar refractivity (Wildman–Crippen MR) is 288 cm³/mol. The number of pyridine rings is 1. The number of nitrogens with zero attached hydrogens (tertiary/aromatic N) is 6. The van der Waals surface area contributed by atoms with Crippen LogP contribution in [0.4, 0.5) is 21.5 Å². The van der Waals surface area contributed by atoms with Crippen LogP contribution in [0.5, 0.6) is 5.75 Å². The Balaban J connectivity index is 0.759. The van der Waals surface area contributed by atoms with Crippen molar-refractivity contribution in [3.05, 3.63) is 113 Å². The number of amides is 5. The summed E-state index contributed by atoms with van der Waals surface area (Å²) in [5.41, 5.74) is 8.31. The Labute approximate surface area is 444 Å². The van der Waals surface area contributed by atoms with E-state index in [1.165, 1.54) is 13.1 Å². The van der Waals surface area contributed by atoms with E-state index in [1.54, 1.807) is 58.2 Å². The van der Waals surface area contributed by atoms with Gasteiger partial charge in [-0.15, -0.1) is 0 Å². The third-order valence-corrected chi connectivity index (χ3v) is 16.2. The van der Waals surface area contributed by atoms with Crippen LogP contribution in [0.3, 0.4) is 0 Å². The van der Waals surface area contributed by atoms with Gasteiger partial charge in [-0.25, -0.2) is 14.6 Å². The van der Waals surface area contributed by atoms with Gasteiger partial charge in [0.15, 0.2) is 0 Å². The van der Waals surface area contributed by atoms with Gasteiger partial charge < -0.3 is 39.7 Å². The third-order valence-electron chi connectivity index (χ3n) is 12.9. The number of carbonyl (C=O) groups is 7. The number of hydrogen-bond donors (Lipinski definition) is 3. The first-order valence-corrected chi connectivity index (χ1v) is 27.3. The fourth-order valence-electron chi connectivity index (χ4n) is 8.64. The van der Waals surface area contributed by atoms with E-state index in [-0.39, 0.29) is 74.3 Å². The van der Waals surface area contributed by atoms with Crippen molar-refractivity contribution < 1.29 is 47.5 Å². The number of hydrogen-bond acceptors (Lipinski definition) is 15. The normalized spacial score (nSPS) is 16.6. The second-order valence-electron chi connectivity index (χ2n) is 19.2. The Morgan fingerprint density at radius 2 is 1.75 bits per heavy atom. The molecule has 2 atom stereocenters. The summed E-state index contributed by atoms with van der Waals surface area (Å²) < 4.78 is 20.5. The fraction of sp³-hybridized carbons (Fsp3) is 0.426. The molecule has 1 aromatic heterocycles. The Morgan fingerprint density at radius 3 is 2.48 bits per heavy atom. The number of aromatic nitrogens is 1. The molecule has 0 spiro atoms. The zero-order valence-electron chi connectivity index (χ0n) is 42.7. The highest BCUT2D eigenvalue weighted by molar-refractivity contribution is 8.77. The van der Waals surface area contributed by atoms with Crippen LogP contribution >= 0.6 is 21.6 Å². The maximum absolute atomic E-state index is 15.0. The Bertz CT molecular complexity index is 2720. The average molecular weight is 1070 g/mol. The van der Waals surface area contributed by atoms with Crippen LogP contribution in [-0.2, 0) is 40.1 Å². The Hall–Kier alpha value is -7.00. The third kappa shape index (κ3) is 16.2. The maximum atomic E-state index is 15.0. The molecule has 21 heteroatoms. The molecule has 3 aromatic carbocycles. The molecule has 4 aromatic rings. The number of hydroxylamine groups is 2. The number of carbonyl (C=O) groups excluding carboxylic acids is 7. The van der Waals surface area contributed by atoms with Crippen molar-refractivity contribution in [1.82, 2.24) is 25.7 Å². The van der Waals surface area contributed by atoms with Gasteiger partial charge in [-0.2, -0.15) is 10.2 Å². The van der Waals surface area contributed by atoms with Crippen LogP contribution in [0.15, 0.2) is 90.3 Å². The van der Waals surface area contributed by atoms with Crippen molar-refractivity contribution in [2.24, 2.45) is 11.0 Å². The molecule has 1 saturated carbocycles. The minimum atomic E-state index is -0.578. The zero-order valence-corrected chi connectivity index (χ0v) is 44.3. The number of piperazine rings is 1. The van der Waals surface area contributed by atoms with Crippen molar-refractivity contribution in [1.29, 1.82) is 0 Å². The van der Waals surface area contributed by atoms with Crippen LogP contribution in [0, 0.1) is 11.7 Å². The van der Waals surface area contributed by atoms with Crippen LogP contribution < -0.4 is 30.6 Å². The highest BCUT2D eigenvalue weighted by Crippen LogP contribution is 2.47. The number of hydrazone groups is 1. The van der Waals surface area contributed by atoms with Crippen molar-refractivity contribution in [3.8, 4) is 5.75 Å². The molecule has 3 N–H and O–H groups in total. The highest BCUT2D eigenvalue weighted by atomic mass is 33.1. The van der Waals surface area contributed by atoms with Gasteiger partial charge in [-0.05, 0) is 92.8 Å². The highest BCUT2D eigenvalue weighted by Gasteiger charge is 2.44. The molecular formula is C54H64FN9O9S2. The average Bonchev–Trinajstić information content (AvgIpc) is 4.22. The van der Waals surface area contributed by atoms with E-state index >= 15 is 4.39 Å². The number of benzene rings is 3. The molecule has 18 nitrogen and oxygen atoms in total. The van der Waals surface area contributed by atoms with Crippen molar-refractivity contribution in [2.45, 2.75) is 82.4 Å². The molecule has 75 heavy (non-hydrogen) atoms. The fourth-order valence-corrected chi connectivity index (χ4v) is 11.1. The van der Waals surface area contributed by atoms with Gasteiger partial charge in [-0.1, -0.05) is 33.7 Å². The lowest BCUT2D eigenvalue weighted by Crippen LogP contribution is -2.48. The van der Waals surface area contributed by atoms with Gasteiger partial charge >= 0.3 is 5.97 Å². The number of fused-ring (bicyclic) bond motifs is 1. The maximum Gasteiger partial charge on any atom is 0.332 e. The van der Waals surface area contributed by atoms with E-state index in [0.717, 1.165) is 39.7 Å². The molecule has 7 rings (SSSR count). The van der Waals surface area contributed by atoms with Crippen molar-refractivity contribution >= 4 is 86.2 Å². The number of aldehydes is 1. The lowest BCUT2D eigenvalue weighted by molar-refractivity contribution is -0.192. The molecule has 0 radical (unpaired) electrons. The summed E-state index contributed by atoms with van der Waals surface area (Å²) in [7, 11) is 6.44. The van der Waals surface area contributed by atoms with Crippen LogP contribution in [0.2, 0.25) is 0 Å². The molecule has 2 fully saturated rings. The van der Waals surface area contributed by atoms with Crippen molar-refractivity contribution in [3.63, 3.8) is 0 Å². The first-order chi connectivity index (χ1) is 36.1. The molecule has 3 aliphatic rings. The zero-order chi connectivity index (χ0) is 53.5. The van der Waals surface area contributed by atoms with Crippen LogP contribution in [0.1, 0.15) is 98.2 Å². The van der Waals surface area contributed by atoms with Gasteiger partial charge in [0.25, 0.3) is 11.8 Å². The van der Waals surface area contributed by atoms with E-state index in [1.807, 2.05) is 68.3 Å². The van der Waals surface area contributed by atoms with E-state index < -0.39 is 22.4 Å². The van der Waals surface area contributed by atoms with Gasteiger partial charge in [0, 0.05) is 154 Å². The minimum Gasteiger partial charge on any atom is -0.494 e. The first-order valence-electron chi connectivity index (χ1n) is 25.0. The lowest BCUT2D eigenvalue weighted by atomic mass is 10.00. The predicted octanol–water partition coefficient (Wildman–Crippen LogP) is 6.90. The van der Waals surface area contributed by atoms with E-state index in [4.69, 9.17) is 9.57 Å². The summed E-state index contributed by atoms with van der Waals surface area (Å²) in [5, 5.41) is 10.9. The quantitative estimate of drug-likeness (QED) is 0.0299. The number of anilines is 3. The van der Waals surface area contributed by atoms with Crippen molar-refractivity contribution in [2.75, 3.05) is 74.3 Å². The Morgan fingerprint density at radius 1 is 0.960 bits per heavy atom. The SMILES string of the molecule is CN(OC(=O)CCCOc1ccc2c(c1)N(C)CC/C2=N\NC(=O)CC(C)(C)SSCCC(=O)N1CCN(c2ccc(C(=O)NCc3ccc(NC(=O)C4CC4c4cccnc4)cc3F)cc2)CC1)C(=O)CCC=O. The summed E-state index contributed by atoms with van der Waals surface area (Å²) in [6.07, 6.45) is 6.47. The number of halogens is 1. The Kier molecular flexibility index (Phi) is 19.7. The smallest absolute Gasteiger partial charge is 0.332 e. The van der Waals surface area contributed by atoms with Gasteiger partial charge in [0.05, 0.1) is 18.7 Å². The molecule has 3 heterocycles. The number of nitrogens with one attached hydrogen (secondary N) is 3. The summed E-state index contributed by atoms with van der Waals surface area (Å²) in [5.74, 6) is -1.07. The molecule has 1 saturated heterocycles. The summed E-state index contributed by atoms with van der Waals surface area (Å²) in [6.45, 7) is 7.31. The lowest BCUT2D eigenvalue weighted by Gasteiger charge is -2.36. The molecule has 398 valence electrons. The van der Waals surface area contributed by atoms with Gasteiger partial charge in [0.2, 0.25) is 17.7 Å². The number of ether oxygens (including phenoxy) is 1. The largest absolute Gasteiger partial charge is 0.494 e. The molecule has 5 amide bonds. The second kappa shape index (κ2) is 26.5. The molecule has 0 bridgehead atoms. The summed E-state index contributed by atoms with van der Waals surface area (Å²) in [6, 6.07) is 21.1. The number of rotatable bonds is 23. The van der Waals surface area contributed by atoms with Gasteiger partial charge in [0.1, 0.15) is 17.9 Å². The molecular weight excluding hydrogens is 1000 g/mol. The van der Waals surface area contributed by atoms with E-state index in [0.29, 0.717) is 86.6 Å². The molecule has 1 aliphatic carbocycles. The second-order valence-corrected chi connectivity index (χ2v) is 22.3. The van der Waals surface area contributed by atoms with Crippen LogP contribution in [0.25, 0.3) is 0 Å². The van der Waals surface area contributed by atoms with E-state index in [2.05, 4.69) is 35.9 Å². The molecule has 2 unspecified atom stereocenters. The molecule has 2 aliphatic heterocycles. The summed E-state index contributed by atoms with van der Waals surface area (Å²) in [4.78, 5) is 102. The standard InChI is InChI=1S/C54H64FN9O9S2/c1-54(2,33-48(66)60-59-46-19-22-61(3)47-31-41(17-18-42(46)47)72-28-7-10-51(69)73-62(4)49(67)9-6-27-65)75-74-29-20-50(68)64-25-23-63(24-26-64)40-15-12-36(13-16-40)52(70)57-35-38-11-14-39(30-45(38)55)58-53(71)44-32-43(44)37-8-5-21-56-34-37/h5,8,11-18,21,27,30-31,34,43-44H,6-7,9-10,19-20,22-26,28-29,32-33,35H2,1-4H3,(H,57,70)(H,58,71)(H,60,66)/b59-46+. The van der Waals surface area contributed by atoms with Crippen LogP contribution in [-0.4, -0.2) is 126 Å². The first kappa shape index (κ1) is 55.7.